The monoisotopic (exact) mass is 359 g/mol. The van der Waals surface area contributed by atoms with Crippen LogP contribution in [0.25, 0.3) is 0 Å². The minimum Gasteiger partial charge on any atom is -0.481 e. The van der Waals surface area contributed by atoms with Gasteiger partial charge in [-0.05, 0) is 46.8 Å². The Bertz CT molecular complexity index is 549. The van der Waals surface area contributed by atoms with Gasteiger partial charge in [0.15, 0.2) is 0 Å². The van der Waals surface area contributed by atoms with Crippen molar-refractivity contribution in [3.63, 3.8) is 0 Å². The zero-order chi connectivity index (χ0) is 14.9. The summed E-state index contributed by atoms with van der Waals surface area (Å²) in [7, 11) is 0. The van der Waals surface area contributed by atoms with E-state index in [-0.39, 0.29) is 11.8 Å². The van der Waals surface area contributed by atoms with Crippen LogP contribution in [0.3, 0.4) is 0 Å². The van der Waals surface area contributed by atoms with Gasteiger partial charge in [-0.15, -0.1) is 0 Å². The highest BCUT2D eigenvalue weighted by Gasteiger charge is 2.41. The molecule has 0 bridgehead atoms. The van der Waals surface area contributed by atoms with E-state index in [1.807, 2.05) is 6.92 Å². The van der Waals surface area contributed by atoms with Crippen LogP contribution in [-0.4, -0.2) is 17.0 Å². The number of benzene rings is 1. The minimum atomic E-state index is -0.903. The Morgan fingerprint density at radius 2 is 2.00 bits per heavy atom. The molecule has 6 heteroatoms. The van der Waals surface area contributed by atoms with Crippen molar-refractivity contribution in [1.29, 1.82) is 0 Å². The van der Waals surface area contributed by atoms with E-state index in [1.54, 1.807) is 18.2 Å². The average Bonchev–Trinajstić information content (AvgIpc) is 2.77. The number of carboxylic acids is 1. The van der Waals surface area contributed by atoms with Crippen molar-refractivity contribution in [2.45, 2.75) is 19.8 Å². The molecule has 2 rings (SSSR count). The maximum atomic E-state index is 12.3. The second kappa shape index (κ2) is 6.14. The summed E-state index contributed by atoms with van der Waals surface area (Å²) in [5.74, 6) is -2.02. The topological polar surface area (TPSA) is 66.4 Å². The van der Waals surface area contributed by atoms with Gasteiger partial charge in [0.1, 0.15) is 0 Å². The molecular weight excluding hydrogens is 346 g/mol. The summed E-state index contributed by atoms with van der Waals surface area (Å²) >= 11 is 9.28. The molecule has 1 aliphatic carbocycles. The minimum absolute atomic E-state index is 0.245. The van der Waals surface area contributed by atoms with Gasteiger partial charge in [0.25, 0.3) is 0 Å². The quantitative estimate of drug-likeness (QED) is 0.862. The fourth-order valence-electron chi connectivity index (χ4n) is 2.68. The molecule has 0 heterocycles. The maximum Gasteiger partial charge on any atom is 0.307 e. The Kier molecular flexibility index (Phi) is 4.70. The van der Waals surface area contributed by atoms with E-state index in [9.17, 15) is 14.7 Å². The lowest BCUT2D eigenvalue weighted by Gasteiger charge is -2.16. The predicted molar refractivity (Wildman–Crippen MR) is 80.8 cm³/mol. The van der Waals surface area contributed by atoms with Gasteiger partial charge < -0.3 is 10.4 Å². The molecule has 1 fully saturated rings. The van der Waals surface area contributed by atoms with Gasteiger partial charge in [0, 0.05) is 0 Å². The fourth-order valence-corrected chi connectivity index (χ4v) is 3.22. The van der Waals surface area contributed by atoms with Crippen molar-refractivity contribution in [3.8, 4) is 0 Å². The van der Waals surface area contributed by atoms with Gasteiger partial charge in [0.2, 0.25) is 5.91 Å². The first-order valence-electron chi connectivity index (χ1n) is 6.37. The number of nitrogens with one attached hydrogen (secondary N) is 1. The number of anilines is 1. The van der Waals surface area contributed by atoms with Gasteiger partial charge >= 0.3 is 5.97 Å². The van der Waals surface area contributed by atoms with E-state index in [1.165, 1.54) is 0 Å². The zero-order valence-corrected chi connectivity index (χ0v) is 13.2. The molecule has 0 aromatic heterocycles. The van der Waals surface area contributed by atoms with Crippen LogP contribution >= 0.6 is 27.5 Å². The van der Waals surface area contributed by atoms with Crippen molar-refractivity contribution in [2.24, 2.45) is 17.8 Å². The third kappa shape index (κ3) is 3.15. The molecule has 1 aliphatic rings. The lowest BCUT2D eigenvalue weighted by molar-refractivity contribution is -0.145. The van der Waals surface area contributed by atoms with Gasteiger partial charge in [-0.1, -0.05) is 24.6 Å². The van der Waals surface area contributed by atoms with Crippen LogP contribution in [0.4, 0.5) is 5.69 Å². The molecule has 1 aromatic rings. The molecule has 4 nitrogen and oxygen atoms in total. The number of amides is 1. The maximum absolute atomic E-state index is 12.3. The van der Waals surface area contributed by atoms with Crippen LogP contribution in [0.2, 0.25) is 5.02 Å². The van der Waals surface area contributed by atoms with Gasteiger partial charge in [-0.2, -0.15) is 0 Å². The summed E-state index contributed by atoms with van der Waals surface area (Å²) in [4.78, 5) is 23.5. The Morgan fingerprint density at radius 1 is 1.35 bits per heavy atom. The van der Waals surface area contributed by atoms with E-state index < -0.39 is 17.8 Å². The van der Waals surface area contributed by atoms with Crippen LogP contribution < -0.4 is 5.32 Å². The van der Waals surface area contributed by atoms with Crippen LogP contribution in [0, 0.1) is 17.8 Å². The first-order valence-corrected chi connectivity index (χ1v) is 7.55. The Balaban J connectivity index is 2.15. The number of carbonyl (C=O) groups excluding carboxylic acids is 1. The summed E-state index contributed by atoms with van der Waals surface area (Å²) in [6.45, 7) is 1.97. The molecule has 0 saturated heterocycles. The number of carboxylic acid groups (broad SMARTS) is 1. The number of hydrogen-bond donors (Lipinski definition) is 2. The van der Waals surface area contributed by atoms with Crippen LogP contribution in [0.15, 0.2) is 22.7 Å². The molecule has 2 N–H and O–H groups in total. The normalized spacial score (nSPS) is 25.4. The van der Waals surface area contributed by atoms with Crippen molar-refractivity contribution >= 4 is 45.1 Å². The molecular formula is C14H15BrClNO3. The number of carbonyl (C=O) groups is 2. The van der Waals surface area contributed by atoms with Crippen molar-refractivity contribution in [3.05, 3.63) is 27.7 Å². The molecule has 1 amide bonds. The van der Waals surface area contributed by atoms with Crippen LogP contribution in [-0.2, 0) is 9.59 Å². The van der Waals surface area contributed by atoms with Crippen molar-refractivity contribution in [1.82, 2.24) is 0 Å². The molecule has 3 unspecified atom stereocenters. The Hall–Kier alpha value is -1.07. The van der Waals surface area contributed by atoms with Crippen LogP contribution in [0.5, 0.6) is 0 Å². The lowest BCUT2D eigenvalue weighted by Crippen LogP contribution is -2.30. The molecule has 1 saturated carbocycles. The van der Waals surface area contributed by atoms with Gasteiger partial charge in [0.05, 0.1) is 27.0 Å². The predicted octanol–water partition coefficient (Wildman–Crippen LogP) is 3.79. The highest BCUT2D eigenvalue weighted by molar-refractivity contribution is 9.10. The molecule has 3 atom stereocenters. The number of aliphatic carboxylic acids is 1. The molecule has 0 radical (unpaired) electrons. The second-order valence-corrected chi connectivity index (χ2v) is 6.42. The molecule has 1 aromatic carbocycles. The standard InChI is InChI=1S/C14H15BrClNO3/c1-7-5-8(9(6-7)14(19)20)13(18)17-11-4-2-3-10(16)12(11)15/h2-4,7-9H,5-6H2,1H3,(H,17,18)(H,19,20). The lowest BCUT2D eigenvalue weighted by atomic mass is 9.95. The molecule has 0 aliphatic heterocycles. The summed E-state index contributed by atoms with van der Waals surface area (Å²) in [6.07, 6.45) is 1.14. The van der Waals surface area contributed by atoms with E-state index >= 15 is 0 Å². The summed E-state index contributed by atoms with van der Waals surface area (Å²) in [5.41, 5.74) is 0.561. The molecule has 0 spiro atoms. The number of hydrogen-bond acceptors (Lipinski definition) is 2. The SMILES string of the molecule is CC1CC(C(=O)O)C(C(=O)Nc2cccc(Cl)c2Br)C1. The summed E-state index contributed by atoms with van der Waals surface area (Å²) in [5, 5.41) is 12.5. The second-order valence-electron chi connectivity index (χ2n) is 5.22. The van der Waals surface area contributed by atoms with Gasteiger partial charge in [-0.25, -0.2) is 0 Å². The largest absolute Gasteiger partial charge is 0.481 e. The van der Waals surface area contributed by atoms with Crippen molar-refractivity contribution in [2.75, 3.05) is 5.32 Å². The van der Waals surface area contributed by atoms with E-state index in [0.717, 1.165) is 0 Å². The summed E-state index contributed by atoms with van der Waals surface area (Å²) in [6, 6.07) is 5.16. The first-order chi connectivity index (χ1) is 9.40. The Morgan fingerprint density at radius 3 is 2.65 bits per heavy atom. The van der Waals surface area contributed by atoms with Crippen molar-refractivity contribution < 1.29 is 14.7 Å². The first kappa shape index (κ1) is 15.3. The zero-order valence-electron chi connectivity index (χ0n) is 10.9. The third-order valence-corrected chi connectivity index (χ3v) is 5.06. The highest BCUT2D eigenvalue weighted by atomic mass is 79.9. The average molecular weight is 361 g/mol. The molecule has 20 heavy (non-hydrogen) atoms. The van der Waals surface area contributed by atoms with E-state index in [2.05, 4.69) is 21.2 Å². The smallest absolute Gasteiger partial charge is 0.307 e. The number of halogens is 2. The third-order valence-electron chi connectivity index (χ3n) is 3.66. The Labute approximate surface area is 130 Å². The fraction of sp³-hybridized carbons (Fsp3) is 0.429. The summed E-state index contributed by atoms with van der Waals surface area (Å²) < 4.78 is 0.605. The van der Waals surface area contributed by atoms with Gasteiger partial charge in [-0.3, -0.25) is 9.59 Å². The van der Waals surface area contributed by atoms with E-state index in [0.29, 0.717) is 28.0 Å². The van der Waals surface area contributed by atoms with E-state index in [4.69, 9.17) is 11.6 Å². The molecule has 108 valence electrons. The number of rotatable bonds is 3. The van der Waals surface area contributed by atoms with Crippen LogP contribution in [0.1, 0.15) is 19.8 Å². The highest BCUT2D eigenvalue weighted by Crippen LogP contribution is 2.38.